The highest BCUT2D eigenvalue weighted by Crippen LogP contribution is 2.25. The van der Waals surface area contributed by atoms with Gasteiger partial charge in [0.05, 0.1) is 6.61 Å². The standard InChI is InChI=1S/C20H26N2O3/c1-4-13-24-17-8-10-18(11-9-17)25-20-16(7-6-12-21-20)14-22-19(23)15(3)5-2/h6-12,15H,4-5,13-14H2,1-3H3,(H,22,23). The molecule has 0 aliphatic carbocycles. The first kappa shape index (κ1) is 18.8. The Kier molecular flexibility index (Phi) is 7.26. The van der Waals surface area contributed by atoms with Gasteiger partial charge in [0.2, 0.25) is 11.8 Å². The third-order valence-electron chi connectivity index (χ3n) is 3.87. The van der Waals surface area contributed by atoms with Crippen LogP contribution in [0.2, 0.25) is 0 Å². The molecule has 1 atom stereocenters. The van der Waals surface area contributed by atoms with Gasteiger partial charge in [-0.25, -0.2) is 4.98 Å². The number of nitrogens with zero attached hydrogens (tertiary/aromatic N) is 1. The van der Waals surface area contributed by atoms with Crippen molar-refractivity contribution in [1.29, 1.82) is 0 Å². The normalized spacial score (nSPS) is 11.6. The summed E-state index contributed by atoms with van der Waals surface area (Å²) in [4.78, 5) is 16.2. The minimum atomic E-state index is -0.00305. The highest BCUT2D eigenvalue weighted by atomic mass is 16.5. The van der Waals surface area contributed by atoms with Crippen molar-refractivity contribution < 1.29 is 14.3 Å². The van der Waals surface area contributed by atoms with E-state index in [-0.39, 0.29) is 11.8 Å². The van der Waals surface area contributed by atoms with Crippen LogP contribution in [0, 0.1) is 5.92 Å². The van der Waals surface area contributed by atoms with Crippen LogP contribution in [0.25, 0.3) is 0 Å². The molecule has 0 aliphatic heterocycles. The lowest BCUT2D eigenvalue weighted by Gasteiger charge is -2.13. The van der Waals surface area contributed by atoms with Gasteiger partial charge in [-0.3, -0.25) is 4.79 Å². The van der Waals surface area contributed by atoms with Crippen LogP contribution in [0.15, 0.2) is 42.6 Å². The summed E-state index contributed by atoms with van der Waals surface area (Å²) in [7, 11) is 0. The smallest absolute Gasteiger partial charge is 0.224 e. The number of ether oxygens (including phenoxy) is 2. The molecule has 0 spiro atoms. The van der Waals surface area contributed by atoms with Gasteiger partial charge >= 0.3 is 0 Å². The molecule has 1 amide bonds. The molecule has 5 nitrogen and oxygen atoms in total. The Morgan fingerprint density at radius 3 is 2.56 bits per heavy atom. The third kappa shape index (κ3) is 5.78. The number of benzene rings is 1. The number of rotatable bonds is 9. The van der Waals surface area contributed by atoms with E-state index in [2.05, 4.69) is 17.2 Å². The van der Waals surface area contributed by atoms with Gasteiger partial charge < -0.3 is 14.8 Å². The second kappa shape index (κ2) is 9.67. The van der Waals surface area contributed by atoms with Gasteiger partial charge in [0.15, 0.2) is 0 Å². The molecule has 1 unspecified atom stereocenters. The lowest BCUT2D eigenvalue weighted by atomic mass is 10.1. The Hall–Kier alpha value is -2.56. The average Bonchev–Trinajstić information content (AvgIpc) is 2.65. The molecule has 1 aromatic carbocycles. The van der Waals surface area contributed by atoms with Gasteiger partial charge in [-0.2, -0.15) is 0 Å². The largest absolute Gasteiger partial charge is 0.494 e. The number of nitrogens with one attached hydrogen (secondary N) is 1. The zero-order valence-electron chi connectivity index (χ0n) is 15.1. The van der Waals surface area contributed by atoms with Crippen molar-refractivity contribution in [3.05, 3.63) is 48.2 Å². The quantitative estimate of drug-likeness (QED) is 0.737. The van der Waals surface area contributed by atoms with Crippen LogP contribution in [-0.2, 0) is 11.3 Å². The number of amides is 1. The SMILES string of the molecule is CCCOc1ccc(Oc2ncccc2CNC(=O)C(C)CC)cc1. The van der Waals surface area contributed by atoms with Crippen molar-refractivity contribution in [2.24, 2.45) is 5.92 Å². The first-order valence-corrected chi connectivity index (χ1v) is 8.76. The van der Waals surface area contributed by atoms with Crippen LogP contribution in [0.4, 0.5) is 0 Å². The van der Waals surface area contributed by atoms with E-state index in [1.54, 1.807) is 6.20 Å². The molecule has 2 aromatic rings. The van der Waals surface area contributed by atoms with Crippen LogP contribution < -0.4 is 14.8 Å². The summed E-state index contributed by atoms with van der Waals surface area (Å²) >= 11 is 0. The zero-order chi connectivity index (χ0) is 18.1. The second-order valence-corrected chi connectivity index (χ2v) is 5.92. The van der Waals surface area contributed by atoms with E-state index in [1.165, 1.54) is 0 Å². The van der Waals surface area contributed by atoms with E-state index < -0.39 is 0 Å². The molecule has 0 aliphatic rings. The molecule has 2 rings (SSSR count). The van der Waals surface area contributed by atoms with E-state index in [0.29, 0.717) is 24.8 Å². The Labute approximate surface area is 149 Å². The van der Waals surface area contributed by atoms with Crippen LogP contribution in [-0.4, -0.2) is 17.5 Å². The summed E-state index contributed by atoms with van der Waals surface area (Å²) in [6, 6.07) is 11.2. The van der Waals surface area contributed by atoms with Crippen LogP contribution in [0.5, 0.6) is 17.4 Å². The summed E-state index contributed by atoms with van der Waals surface area (Å²) < 4.78 is 11.4. The summed E-state index contributed by atoms with van der Waals surface area (Å²) in [5.41, 5.74) is 0.838. The lowest BCUT2D eigenvalue weighted by Crippen LogP contribution is -2.28. The fourth-order valence-corrected chi connectivity index (χ4v) is 2.13. The molecule has 1 aromatic heterocycles. The van der Waals surface area contributed by atoms with Crippen molar-refractivity contribution in [3.63, 3.8) is 0 Å². The van der Waals surface area contributed by atoms with Gasteiger partial charge in [0, 0.05) is 24.2 Å². The van der Waals surface area contributed by atoms with Crippen LogP contribution in [0.1, 0.15) is 39.2 Å². The lowest BCUT2D eigenvalue weighted by molar-refractivity contribution is -0.124. The summed E-state index contributed by atoms with van der Waals surface area (Å²) in [6.45, 7) is 7.07. The van der Waals surface area contributed by atoms with Gasteiger partial charge in [-0.05, 0) is 43.2 Å². The molecule has 0 fully saturated rings. The van der Waals surface area contributed by atoms with Crippen LogP contribution in [0.3, 0.4) is 0 Å². The fraction of sp³-hybridized carbons (Fsp3) is 0.400. The maximum Gasteiger partial charge on any atom is 0.224 e. The monoisotopic (exact) mass is 342 g/mol. The first-order valence-electron chi connectivity index (χ1n) is 8.76. The number of pyridine rings is 1. The van der Waals surface area contributed by atoms with Crippen molar-refractivity contribution in [3.8, 4) is 17.4 Å². The predicted octanol–water partition coefficient (Wildman–Crippen LogP) is 4.33. The average molecular weight is 342 g/mol. The van der Waals surface area contributed by atoms with Crippen molar-refractivity contribution >= 4 is 5.91 Å². The Morgan fingerprint density at radius 2 is 1.88 bits per heavy atom. The molecule has 134 valence electrons. The minimum Gasteiger partial charge on any atom is -0.494 e. The highest BCUT2D eigenvalue weighted by Gasteiger charge is 2.12. The molecule has 1 heterocycles. The predicted molar refractivity (Wildman–Crippen MR) is 97.8 cm³/mol. The minimum absolute atomic E-state index is 0.00305. The zero-order valence-corrected chi connectivity index (χ0v) is 15.1. The summed E-state index contributed by atoms with van der Waals surface area (Å²) in [6.07, 6.45) is 3.46. The topological polar surface area (TPSA) is 60.5 Å². The van der Waals surface area contributed by atoms with Gasteiger partial charge in [-0.1, -0.05) is 26.8 Å². The number of hydrogen-bond donors (Lipinski definition) is 1. The molecule has 0 saturated heterocycles. The van der Waals surface area contributed by atoms with E-state index in [4.69, 9.17) is 9.47 Å². The number of hydrogen-bond acceptors (Lipinski definition) is 4. The van der Waals surface area contributed by atoms with Crippen molar-refractivity contribution in [2.75, 3.05) is 6.61 Å². The molecule has 0 bridgehead atoms. The van der Waals surface area contributed by atoms with E-state index in [0.717, 1.165) is 24.2 Å². The van der Waals surface area contributed by atoms with Crippen LogP contribution >= 0.6 is 0 Å². The Bertz CT molecular complexity index is 671. The first-order chi connectivity index (χ1) is 12.1. The molecule has 0 saturated carbocycles. The molecular formula is C20H26N2O3. The highest BCUT2D eigenvalue weighted by molar-refractivity contribution is 5.78. The molecule has 5 heteroatoms. The number of carbonyl (C=O) groups excluding carboxylic acids is 1. The van der Waals surface area contributed by atoms with E-state index >= 15 is 0 Å². The maximum atomic E-state index is 12.0. The third-order valence-corrected chi connectivity index (χ3v) is 3.87. The van der Waals surface area contributed by atoms with Gasteiger partial charge in [-0.15, -0.1) is 0 Å². The molecule has 1 N–H and O–H groups in total. The van der Waals surface area contributed by atoms with Gasteiger partial charge in [0.1, 0.15) is 11.5 Å². The Balaban J connectivity index is 2.01. The summed E-state index contributed by atoms with van der Waals surface area (Å²) in [5.74, 6) is 2.02. The number of carbonyl (C=O) groups is 1. The van der Waals surface area contributed by atoms with Crippen molar-refractivity contribution in [2.45, 2.75) is 40.2 Å². The molecule has 25 heavy (non-hydrogen) atoms. The van der Waals surface area contributed by atoms with Gasteiger partial charge in [0.25, 0.3) is 0 Å². The number of aromatic nitrogens is 1. The fourth-order valence-electron chi connectivity index (χ4n) is 2.13. The second-order valence-electron chi connectivity index (χ2n) is 5.92. The van der Waals surface area contributed by atoms with Crippen molar-refractivity contribution in [1.82, 2.24) is 10.3 Å². The molecule has 0 radical (unpaired) electrons. The summed E-state index contributed by atoms with van der Waals surface area (Å²) in [5, 5.41) is 2.93. The van der Waals surface area contributed by atoms with E-state index in [9.17, 15) is 4.79 Å². The van der Waals surface area contributed by atoms with E-state index in [1.807, 2.05) is 50.2 Å². The molecular weight excluding hydrogens is 316 g/mol. The maximum absolute atomic E-state index is 12.0. The Morgan fingerprint density at radius 1 is 1.16 bits per heavy atom.